The van der Waals surface area contributed by atoms with Crippen molar-refractivity contribution >= 4 is 5.91 Å². The summed E-state index contributed by atoms with van der Waals surface area (Å²) in [7, 11) is 5.37. The molecule has 1 aliphatic rings. The van der Waals surface area contributed by atoms with Crippen LogP contribution in [0.25, 0.3) is 0 Å². The summed E-state index contributed by atoms with van der Waals surface area (Å²) >= 11 is 0. The molecule has 9 nitrogen and oxygen atoms in total. The largest absolute Gasteiger partial charge is 0.385 e. The van der Waals surface area contributed by atoms with E-state index in [2.05, 4.69) is 10.3 Å². The standard InChI is InChI=1S/C17H25N5O4/c1-11-13(10-25-4)16(19-26-11)17(24)21-5-6-22-12(8-21)7-14(18-22)15(23)9-20(2)3/h7,15,23H,5-6,8-10H2,1-4H3/t15-/m0/s1. The summed E-state index contributed by atoms with van der Waals surface area (Å²) in [6.45, 7) is 4.06. The third-order valence-electron chi connectivity index (χ3n) is 4.46. The number of rotatable bonds is 6. The van der Waals surface area contributed by atoms with Crippen LogP contribution in [0.2, 0.25) is 0 Å². The first kappa shape index (κ1) is 18.6. The van der Waals surface area contributed by atoms with Crippen molar-refractivity contribution in [3.8, 4) is 0 Å². The minimum atomic E-state index is -0.654. The van der Waals surface area contributed by atoms with Gasteiger partial charge in [0.05, 0.1) is 36.6 Å². The Hall–Kier alpha value is -2.23. The highest BCUT2D eigenvalue weighted by Crippen LogP contribution is 2.22. The van der Waals surface area contributed by atoms with Crippen LogP contribution in [0.5, 0.6) is 0 Å². The van der Waals surface area contributed by atoms with Gasteiger partial charge in [0.2, 0.25) is 0 Å². The zero-order chi connectivity index (χ0) is 18.8. The first-order valence-corrected chi connectivity index (χ1v) is 8.53. The second kappa shape index (κ2) is 7.56. The number of aromatic nitrogens is 3. The predicted octanol–water partition coefficient (Wildman–Crippen LogP) is 0.577. The summed E-state index contributed by atoms with van der Waals surface area (Å²) in [4.78, 5) is 16.5. The Morgan fingerprint density at radius 2 is 2.23 bits per heavy atom. The number of fused-ring (bicyclic) bond motifs is 1. The van der Waals surface area contributed by atoms with Gasteiger partial charge in [0.1, 0.15) is 11.9 Å². The van der Waals surface area contributed by atoms with Gasteiger partial charge in [-0.15, -0.1) is 0 Å². The summed E-state index contributed by atoms with van der Waals surface area (Å²) < 4.78 is 12.2. The number of methoxy groups -OCH3 is 1. The summed E-state index contributed by atoms with van der Waals surface area (Å²) in [5.74, 6) is 0.406. The third kappa shape index (κ3) is 3.64. The Morgan fingerprint density at radius 1 is 1.46 bits per heavy atom. The number of aryl methyl sites for hydroxylation is 1. The Kier molecular flexibility index (Phi) is 5.40. The molecule has 0 saturated heterocycles. The zero-order valence-electron chi connectivity index (χ0n) is 15.6. The van der Waals surface area contributed by atoms with Crippen molar-refractivity contribution < 1.29 is 19.2 Å². The van der Waals surface area contributed by atoms with Crippen LogP contribution in [0.4, 0.5) is 0 Å². The van der Waals surface area contributed by atoms with Crippen LogP contribution in [-0.4, -0.2) is 70.0 Å². The molecule has 0 saturated carbocycles. The Bertz CT molecular complexity index is 782. The zero-order valence-corrected chi connectivity index (χ0v) is 15.6. The molecule has 0 fully saturated rings. The molecular formula is C17H25N5O4. The first-order chi connectivity index (χ1) is 12.4. The van der Waals surface area contributed by atoms with Gasteiger partial charge in [0.15, 0.2) is 5.69 Å². The van der Waals surface area contributed by atoms with Crippen LogP contribution in [0.3, 0.4) is 0 Å². The second-order valence-electron chi connectivity index (χ2n) is 6.79. The van der Waals surface area contributed by atoms with Gasteiger partial charge in [0.25, 0.3) is 5.91 Å². The summed E-state index contributed by atoms with van der Waals surface area (Å²) in [5.41, 5.74) is 2.50. The van der Waals surface area contributed by atoms with Crippen molar-refractivity contribution in [2.24, 2.45) is 0 Å². The molecule has 1 N–H and O–H groups in total. The molecular weight excluding hydrogens is 338 g/mol. The number of ether oxygens (including phenoxy) is 1. The first-order valence-electron chi connectivity index (χ1n) is 8.53. The van der Waals surface area contributed by atoms with Crippen molar-refractivity contribution in [2.75, 3.05) is 34.3 Å². The SMILES string of the molecule is COCc1c(C(=O)N2CCn3nc([C@@H](O)CN(C)C)cc3C2)noc1C. The number of hydrogen-bond donors (Lipinski definition) is 1. The van der Waals surface area contributed by atoms with Crippen molar-refractivity contribution in [1.29, 1.82) is 0 Å². The minimum absolute atomic E-state index is 0.184. The predicted molar refractivity (Wildman–Crippen MR) is 92.4 cm³/mol. The number of carbonyl (C=O) groups is 1. The van der Waals surface area contributed by atoms with Crippen molar-refractivity contribution in [1.82, 2.24) is 24.7 Å². The van der Waals surface area contributed by atoms with E-state index in [-0.39, 0.29) is 12.5 Å². The quantitative estimate of drug-likeness (QED) is 0.802. The molecule has 1 atom stereocenters. The summed E-state index contributed by atoms with van der Waals surface area (Å²) in [6.07, 6.45) is -0.654. The summed E-state index contributed by atoms with van der Waals surface area (Å²) in [6, 6.07) is 1.86. The molecule has 3 heterocycles. The van der Waals surface area contributed by atoms with Crippen molar-refractivity contribution in [3.05, 3.63) is 34.5 Å². The lowest BCUT2D eigenvalue weighted by Crippen LogP contribution is -2.39. The fraction of sp³-hybridized carbons (Fsp3) is 0.588. The molecule has 0 aliphatic carbocycles. The molecule has 0 unspecified atom stereocenters. The fourth-order valence-electron chi connectivity index (χ4n) is 3.09. The molecule has 9 heteroatoms. The lowest BCUT2D eigenvalue weighted by molar-refractivity contribution is 0.0690. The smallest absolute Gasteiger partial charge is 0.276 e. The van der Waals surface area contributed by atoms with E-state index in [4.69, 9.17) is 9.26 Å². The van der Waals surface area contributed by atoms with E-state index in [0.717, 1.165) is 5.69 Å². The molecule has 0 spiro atoms. The highest BCUT2D eigenvalue weighted by atomic mass is 16.5. The average Bonchev–Trinajstić information content (AvgIpc) is 3.17. The molecule has 1 aliphatic heterocycles. The molecule has 0 bridgehead atoms. The van der Waals surface area contributed by atoms with Crippen LogP contribution >= 0.6 is 0 Å². The van der Waals surface area contributed by atoms with E-state index in [1.54, 1.807) is 18.9 Å². The molecule has 142 valence electrons. The average molecular weight is 363 g/mol. The lowest BCUT2D eigenvalue weighted by atomic mass is 10.1. The molecule has 3 rings (SSSR count). The number of hydrogen-bond acceptors (Lipinski definition) is 7. The number of nitrogens with zero attached hydrogens (tertiary/aromatic N) is 5. The van der Waals surface area contributed by atoms with E-state index >= 15 is 0 Å². The molecule has 26 heavy (non-hydrogen) atoms. The van der Waals surface area contributed by atoms with E-state index in [9.17, 15) is 9.90 Å². The van der Waals surface area contributed by atoms with Crippen LogP contribution in [0, 0.1) is 6.92 Å². The molecule has 2 aromatic rings. The van der Waals surface area contributed by atoms with Crippen LogP contribution in [0.15, 0.2) is 10.6 Å². The normalized spacial score (nSPS) is 15.4. The Balaban J connectivity index is 1.76. The Labute approximate surface area is 152 Å². The maximum atomic E-state index is 12.9. The monoisotopic (exact) mass is 363 g/mol. The maximum Gasteiger partial charge on any atom is 0.276 e. The van der Waals surface area contributed by atoms with Gasteiger partial charge < -0.3 is 24.2 Å². The maximum absolute atomic E-state index is 12.9. The third-order valence-corrected chi connectivity index (χ3v) is 4.46. The van der Waals surface area contributed by atoms with Crippen LogP contribution in [0.1, 0.15) is 39.3 Å². The number of aliphatic hydroxyl groups is 1. The van der Waals surface area contributed by atoms with E-state index < -0.39 is 6.10 Å². The highest BCUT2D eigenvalue weighted by Gasteiger charge is 2.29. The number of amides is 1. The van der Waals surface area contributed by atoms with E-state index in [1.807, 2.05) is 29.7 Å². The minimum Gasteiger partial charge on any atom is -0.385 e. The Morgan fingerprint density at radius 3 is 2.92 bits per heavy atom. The second-order valence-corrected chi connectivity index (χ2v) is 6.79. The number of aliphatic hydroxyl groups excluding tert-OH is 1. The summed E-state index contributed by atoms with van der Waals surface area (Å²) in [5, 5.41) is 18.6. The molecule has 1 amide bonds. The van der Waals surface area contributed by atoms with E-state index in [1.165, 1.54) is 0 Å². The van der Waals surface area contributed by atoms with E-state index in [0.29, 0.717) is 48.9 Å². The van der Waals surface area contributed by atoms with Crippen molar-refractivity contribution in [2.45, 2.75) is 32.7 Å². The molecule has 2 aromatic heterocycles. The van der Waals surface area contributed by atoms with Gasteiger partial charge in [-0.2, -0.15) is 5.10 Å². The topological polar surface area (TPSA) is 96.9 Å². The highest BCUT2D eigenvalue weighted by molar-refractivity contribution is 5.93. The van der Waals surface area contributed by atoms with Gasteiger partial charge in [-0.3, -0.25) is 9.48 Å². The van der Waals surface area contributed by atoms with Crippen LogP contribution < -0.4 is 0 Å². The molecule has 0 aromatic carbocycles. The van der Waals surface area contributed by atoms with Gasteiger partial charge in [-0.05, 0) is 27.1 Å². The number of carbonyl (C=O) groups excluding carboxylic acids is 1. The van der Waals surface area contributed by atoms with Gasteiger partial charge in [0, 0.05) is 20.2 Å². The lowest BCUT2D eigenvalue weighted by Gasteiger charge is -2.27. The van der Waals surface area contributed by atoms with Gasteiger partial charge >= 0.3 is 0 Å². The number of likely N-dealkylation sites (N-methyl/N-ethyl adjacent to an activating group) is 1. The van der Waals surface area contributed by atoms with Crippen molar-refractivity contribution in [3.63, 3.8) is 0 Å². The van der Waals surface area contributed by atoms with Gasteiger partial charge in [-0.25, -0.2) is 0 Å². The van der Waals surface area contributed by atoms with Crippen LogP contribution in [-0.2, 0) is 24.4 Å². The van der Waals surface area contributed by atoms with Gasteiger partial charge in [-0.1, -0.05) is 5.16 Å². The fourth-order valence-corrected chi connectivity index (χ4v) is 3.09. The molecule has 0 radical (unpaired) electrons.